The van der Waals surface area contributed by atoms with Gasteiger partial charge in [-0.25, -0.2) is 14.4 Å². The fraction of sp³-hybridized carbons (Fsp3) is 0.800. The number of hydrogen-bond acceptors (Lipinski definition) is 14. The molecular weight excluding hydrogens is 458 g/mol. The molecule has 0 heterocycles. The van der Waals surface area contributed by atoms with Crippen LogP contribution in [0, 0.1) is 5.41 Å². The van der Waals surface area contributed by atoms with Gasteiger partial charge in [0.05, 0.1) is 13.2 Å². The van der Waals surface area contributed by atoms with Gasteiger partial charge in [0.2, 0.25) is 0 Å². The first kappa shape index (κ1) is 31.5. The molecule has 34 heavy (non-hydrogen) atoms. The van der Waals surface area contributed by atoms with E-state index in [0.717, 1.165) is 0 Å². The zero-order chi connectivity index (χ0) is 26.1. The number of carbonyl (C=O) groups is 4. The van der Waals surface area contributed by atoms with Gasteiger partial charge < -0.3 is 45.0 Å². The number of methoxy groups -OCH3 is 1. The highest BCUT2D eigenvalue weighted by atomic mass is 16.7. The maximum Gasteiger partial charge on any atom is 0.508 e. The molecule has 0 rings (SSSR count). The van der Waals surface area contributed by atoms with Crippen LogP contribution in [0.4, 0.5) is 4.79 Å². The molecule has 0 saturated heterocycles. The maximum absolute atomic E-state index is 12.7. The number of nitrogens with two attached hydrogens (primary N) is 2. The second-order valence-corrected chi connectivity index (χ2v) is 7.63. The van der Waals surface area contributed by atoms with Gasteiger partial charge in [-0.3, -0.25) is 10.1 Å². The van der Waals surface area contributed by atoms with E-state index in [1.807, 2.05) is 0 Å². The first-order valence-corrected chi connectivity index (χ1v) is 10.7. The first-order chi connectivity index (χ1) is 15.9. The van der Waals surface area contributed by atoms with Crippen molar-refractivity contribution >= 4 is 24.1 Å². The van der Waals surface area contributed by atoms with Crippen molar-refractivity contribution in [3.63, 3.8) is 0 Å². The summed E-state index contributed by atoms with van der Waals surface area (Å²) in [6.45, 7) is 3.38. The maximum atomic E-state index is 12.7. The first-order valence-electron chi connectivity index (χ1n) is 10.7. The molecule has 14 heteroatoms. The van der Waals surface area contributed by atoms with Crippen LogP contribution >= 0.6 is 0 Å². The minimum atomic E-state index is -1.58. The second kappa shape index (κ2) is 17.0. The Hall–Kier alpha value is -2.52. The van der Waals surface area contributed by atoms with Crippen LogP contribution in [0.5, 0.6) is 0 Å². The van der Waals surface area contributed by atoms with E-state index in [0.29, 0.717) is 19.4 Å². The van der Waals surface area contributed by atoms with Gasteiger partial charge in [0, 0.05) is 7.11 Å². The Balaban J connectivity index is 4.93. The molecular formula is C20H37N3O11. The molecule has 0 bridgehead atoms. The quantitative estimate of drug-likeness (QED) is 0.0805. The highest BCUT2D eigenvalue weighted by molar-refractivity contribution is 5.81. The Morgan fingerprint density at radius 1 is 0.912 bits per heavy atom. The smallest absolute Gasteiger partial charge is 0.465 e. The number of aliphatic hydroxyl groups excluding tert-OH is 1. The van der Waals surface area contributed by atoms with Crippen LogP contribution in [0.25, 0.3) is 0 Å². The Bertz CT molecular complexity index is 645. The van der Waals surface area contributed by atoms with Gasteiger partial charge in [-0.15, -0.1) is 0 Å². The van der Waals surface area contributed by atoms with Crippen molar-refractivity contribution in [3.05, 3.63) is 0 Å². The van der Waals surface area contributed by atoms with Crippen molar-refractivity contribution < 1.29 is 52.7 Å². The summed E-state index contributed by atoms with van der Waals surface area (Å²) in [5, 5.41) is 12.0. The number of esters is 3. The summed E-state index contributed by atoms with van der Waals surface area (Å²) in [6.07, 6.45) is -3.35. The van der Waals surface area contributed by atoms with Gasteiger partial charge in [-0.1, -0.05) is 0 Å². The molecule has 0 spiro atoms. The number of rotatable bonds is 17. The summed E-state index contributed by atoms with van der Waals surface area (Å²) in [6, 6.07) is 0. The van der Waals surface area contributed by atoms with Crippen molar-refractivity contribution in [2.75, 3.05) is 46.7 Å². The minimum Gasteiger partial charge on any atom is -0.465 e. The van der Waals surface area contributed by atoms with Crippen LogP contribution in [0.1, 0.15) is 33.6 Å². The molecule has 0 saturated carbocycles. The fourth-order valence-electron chi connectivity index (χ4n) is 2.13. The molecule has 0 aromatic rings. The number of aliphatic hydroxyl groups is 1. The van der Waals surface area contributed by atoms with Crippen molar-refractivity contribution in [1.82, 2.24) is 5.32 Å². The van der Waals surface area contributed by atoms with Crippen molar-refractivity contribution in [2.24, 2.45) is 16.9 Å². The zero-order valence-corrected chi connectivity index (χ0v) is 20.1. The lowest BCUT2D eigenvalue weighted by molar-refractivity contribution is -0.177. The van der Waals surface area contributed by atoms with Crippen LogP contribution < -0.4 is 16.8 Å². The molecule has 0 aromatic carbocycles. The summed E-state index contributed by atoms with van der Waals surface area (Å²) >= 11 is 0. The second-order valence-electron chi connectivity index (χ2n) is 7.63. The van der Waals surface area contributed by atoms with Crippen LogP contribution in [0.2, 0.25) is 0 Å². The topological polar surface area (TPSA) is 208 Å². The number of carbonyl (C=O) groups excluding carboxylic acids is 4. The number of unbranched alkanes of at least 4 members (excludes halogenated alkanes) is 1. The zero-order valence-electron chi connectivity index (χ0n) is 20.1. The largest absolute Gasteiger partial charge is 0.508 e. The molecule has 14 nitrogen and oxygen atoms in total. The minimum absolute atomic E-state index is 0.0462. The van der Waals surface area contributed by atoms with E-state index < -0.39 is 61.2 Å². The van der Waals surface area contributed by atoms with Gasteiger partial charge in [0.25, 0.3) is 0 Å². The highest BCUT2D eigenvalue weighted by Gasteiger charge is 2.39. The lowest BCUT2D eigenvalue weighted by atomic mass is 9.93. The molecule has 198 valence electrons. The SMILES string of the molecule is COCCOC(=O)OCC(C)(COC(=O)[C@H](C)OC(=O)[C@H](C)O)C(=O)OCCCCNC(N)N. The molecule has 1 unspecified atom stereocenters. The Kier molecular flexibility index (Phi) is 15.7. The van der Waals surface area contributed by atoms with E-state index in [-0.39, 0.29) is 19.8 Å². The number of nitrogens with one attached hydrogen (secondary N) is 1. The predicted octanol–water partition coefficient (Wildman–Crippen LogP) is -1.24. The summed E-state index contributed by atoms with van der Waals surface area (Å²) in [7, 11) is 1.43. The van der Waals surface area contributed by atoms with Gasteiger partial charge in [-0.2, -0.15) is 0 Å². The monoisotopic (exact) mass is 495 g/mol. The van der Waals surface area contributed by atoms with Crippen molar-refractivity contribution in [3.8, 4) is 0 Å². The van der Waals surface area contributed by atoms with E-state index in [1.165, 1.54) is 27.9 Å². The number of ether oxygens (including phenoxy) is 6. The van der Waals surface area contributed by atoms with E-state index in [9.17, 15) is 24.3 Å². The lowest BCUT2D eigenvalue weighted by Gasteiger charge is -2.27. The molecule has 3 atom stereocenters. The number of hydrogen-bond donors (Lipinski definition) is 4. The summed E-state index contributed by atoms with van der Waals surface area (Å²) in [5.74, 6) is -2.78. The van der Waals surface area contributed by atoms with E-state index in [4.69, 9.17) is 39.9 Å². The van der Waals surface area contributed by atoms with E-state index >= 15 is 0 Å². The van der Waals surface area contributed by atoms with Gasteiger partial charge in [0.1, 0.15) is 37.6 Å². The van der Waals surface area contributed by atoms with Crippen LogP contribution in [-0.2, 0) is 42.8 Å². The summed E-state index contributed by atoms with van der Waals surface area (Å²) in [5.41, 5.74) is 9.16. The Morgan fingerprint density at radius 2 is 1.56 bits per heavy atom. The average molecular weight is 496 g/mol. The third kappa shape index (κ3) is 13.9. The third-order valence-corrected chi connectivity index (χ3v) is 4.19. The average Bonchev–Trinajstić information content (AvgIpc) is 2.77. The normalized spacial score (nSPS) is 14.5. The van der Waals surface area contributed by atoms with Gasteiger partial charge in [-0.05, 0) is 40.2 Å². The molecule has 0 aromatic heterocycles. The van der Waals surface area contributed by atoms with E-state index in [2.05, 4.69) is 5.32 Å². The summed E-state index contributed by atoms with van der Waals surface area (Å²) in [4.78, 5) is 48.0. The molecule has 0 aliphatic carbocycles. The predicted molar refractivity (Wildman–Crippen MR) is 116 cm³/mol. The van der Waals surface area contributed by atoms with Crippen LogP contribution in [0.15, 0.2) is 0 Å². The third-order valence-electron chi connectivity index (χ3n) is 4.19. The molecule has 0 fully saturated rings. The van der Waals surface area contributed by atoms with Crippen molar-refractivity contribution in [2.45, 2.75) is 52.1 Å². The molecule has 0 amide bonds. The van der Waals surface area contributed by atoms with Gasteiger partial charge >= 0.3 is 24.1 Å². The highest BCUT2D eigenvalue weighted by Crippen LogP contribution is 2.21. The molecule has 0 aliphatic rings. The molecule has 6 N–H and O–H groups in total. The van der Waals surface area contributed by atoms with E-state index in [1.54, 1.807) is 0 Å². The summed E-state index contributed by atoms with van der Waals surface area (Å²) < 4.78 is 29.6. The fourth-order valence-corrected chi connectivity index (χ4v) is 2.13. The Morgan fingerprint density at radius 3 is 2.15 bits per heavy atom. The molecule has 0 radical (unpaired) electrons. The lowest BCUT2D eigenvalue weighted by Crippen LogP contribution is -2.45. The van der Waals surface area contributed by atoms with Crippen molar-refractivity contribution in [1.29, 1.82) is 0 Å². The van der Waals surface area contributed by atoms with Crippen LogP contribution in [-0.4, -0.2) is 94.4 Å². The van der Waals surface area contributed by atoms with Gasteiger partial charge in [0.15, 0.2) is 6.10 Å². The standard InChI is InChI=1S/C20H37N3O11/c1-13(24)15(25)34-14(2)16(26)32-11-20(3,12-33-19(28)31-10-9-29-4)17(27)30-8-6-5-7-23-18(21)22/h13-14,18,23-24H,5-12,21-22H2,1-4H3/t13-,14-,20?/m0/s1. The van der Waals surface area contributed by atoms with Crippen LogP contribution in [0.3, 0.4) is 0 Å². The Labute approximate surface area is 198 Å². The molecule has 0 aliphatic heterocycles.